The minimum atomic E-state index is -1.57. The smallest absolute Gasteiger partial charge is 0.159 e. The lowest BCUT2D eigenvalue weighted by molar-refractivity contribution is -0.105. The van der Waals surface area contributed by atoms with E-state index in [1.807, 2.05) is 97.9 Å². The van der Waals surface area contributed by atoms with Crippen molar-refractivity contribution in [2.24, 2.45) is 0 Å². The molecule has 0 aliphatic heterocycles. The van der Waals surface area contributed by atoms with Gasteiger partial charge in [-0.05, 0) is 35.3 Å². The van der Waals surface area contributed by atoms with Gasteiger partial charge in [-0.15, -0.1) is 0 Å². The van der Waals surface area contributed by atoms with Crippen molar-refractivity contribution >= 4 is 0 Å². The number of hydrogen-bond donors (Lipinski definition) is 1. The molecule has 4 rings (SSSR count). The molecule has 3 atom stereocenters. The van der Waals surface area contributed by atoms with Crippen molar-refractivity contribution in [1.82, 2.24) is 0 Å². The zero-order valence-corrected chi connectivity index (χ0v) is 18.6. The zero-order valence-electron chi connectivity index (χ0n) is 18.6. The molecule has 0 amide bonds. The fourth-order valence-electron chi connectivity index (χ4n) is 4.28. The van der Waals surface area contributed by atoms with Crippen molar-refractivity contribution in [3.63, 3.8) is 0 Å². The van der Waals surface area contributed by atoms with Crippen LogP contribution in [0.15, 0.2) is 103 Å². The second-order valence-corrected chi connectivity index (χ2v) is 7.94. The van der Waals surface area contributed by atoms with E-state index in [-0.39, 0.29) is 13.4 Å². The van der Waals surface area contributed by atoms with Crippen molar-refractivity contribution in [3.8, 4) is 0 Å². The number of aliphatic hydroxyl groups excluding tert-OH is 1. The Hall–Kier alpha value is -2.83. The van der Waals surface area contributed by atoms with E-state index in [1.165, 1.54) is 6.08 Å². The van der Waals surface area contributed by atoms with Crippen LogP contribution in [-0.4, -0.2) is 43.5 Å². The van der Waals surface area contributed by atoms with Crippen LogP contribution in [0, 0.1) is 0 Å². The summed E-state index contributed by atoms with van der Waals surface area (Å²) >= 11 is 0. The predicted molar refractivity (Wildman–Crippen MR) is 126 cm³/mol. The molecule has 1 unspecified atom stereocenters. The highest BCUT2D eigenvalue weighted by molar-refractivity contribution is 5.47. The molecule has 0 radical (unpaired) electrons. The van der Waals surface area contributed by atoms with Crippen LogP contribution in [0.25, 0.3) is 0 Å². The molecule has 1 aliphatic carbocycles. The van der Waals surface area contributed by atoms with Crippen LogP contribution in [0.5, 0.6) is 0 Å². The Morgan fingerprint density at radius 1 is 0.818 bits per heavy atom. The first-order valence-electron chi connectivity index (χ1n) is 11.2. The van der Waals surface area contributed by atoms with E-state index in [4.69, 9.17) is 14.2 Å². The molecule has 0 heterocycles. The van der Waals surface area contributed by atoms with Crippen molar-refractivity contribution < 1.29 is 23.7 Å². The molecule has 4 nitrogen and oxygen atoms in total. The summed E-state index contributed by atoms with van der Waals surface area (Å²) in [7, 11) is 0. The lowest BCUT2D eigenvalue weighted by Crippen LogP contribution is -2.36. The van der Waals surface area contributed by atoms with Gasteiger partial charge in [-0.2, -0.15) is 0 Å². The topological polar surface area (TPSA) is 47.9 Å². The van der Waals surface area contributed by atoms with Crippen LogP contribution in [0.1, 0.15) is 23.6 Å². The average Bonchev–Trinajstić information content (AvgIpc) is 3.14. The van der Waals surface area contributed by atoms with Gasteiger partial charge in [-0.1, -0.05) is 91.0 Å². The third kappa shape index (κ3) is 4.92. The normalized spacial score (nSPS) is 20.6. The number of alkyl halides is 1. The van der Waals surface area contributed by atoms with E-state index in [2.05, 4.69) is 0 Å². The number of hydrogen-bond acceptors (Lipinski definition) is 4. The molecular weight excluding hydrogens is 419 g/mol. The Labute approximate surface area is 194 Å². The van der Waals surface area contributed by atoms with Crippen LogP contribution < -0.4 is 0 Å². The standard InChI is InChI=1S/C28H29FO4/c1-2-31-20-32-27-21(18-25(30)26(27)29)19-33-28(22-12-6-3-7-13-22,23-14-8-4-9-15-23)24-16-10-5-11-17-24/h3-18,25-27,30H,2,19-20H2,1H3/t25-,26?,27+/m1/s1. The number of halogens is 1. The van der Waals surface area contributed by atoms with Crippen LogP contribution in [0.2, 0.25) is 0 Å². The van der Waals surface area contributed by atoms with Crippen LogP contribution in [0.3, 0.4) is 0 Å². The molecule has 1 aliphatic rings. The van der Waals surface area contributed by atoms with Crippen molar-refractivity contribution in [3.05, 3.63) is 119 Å². The summed E-state index contributed by atoms with van der Waals surface area (Å²) in [5.74, 6) is 0. The lowest BCUT2D eigenvalue weighted by Gasteiger charge is -2.36. The highest BCUT2D eigenvalue weighted by Crippen LogP contribution is 2.41. The molecule has 0 bridgehead atoms. The van der Waals surface area contributed by atoms with Gasteiger partial charge in [-0.25, -0.2) is 4.39 Å². The minimum Gasteiger partial charge on any atom is -0.386 e. The lowest BCUT2D eigenvalue weighted by atomic mass is 9.80. The van der Waals surface area contributed by atoms with Gasteiger partial charge in [0.2, 0.25) is 0 Å². The van der Waals surface area contributed by atoms with Gasteiger partial charge in [0.1, 0.15) is 24.6 Å². The number of ether oxygens (including phenoxy) is 3. The van der Waals surface area contributed by atoms with Crippen molar-refractivity contribution in [2.45, 2.75) is 30.9 Å². The molecule has 0 saturated carbocycles. The summed E-state index contributed by atoms with van der Waals surface area (Å²) in [4.78, 5) is 0. The van der Waals surface area contributed by atoms with Gasteiger partial charge in [0.15, 0.2) is 6.17 Å². The molecule has 33 heavy (non-hydrogen) atoms. The van der Waals surface area contributed by atoms with Gasteiger partial charge in [0.05, 0.1) is 6.61 Å². The van der Waals surface area contributed by atoms with Gasteiger partial charge in [-0.3, -0.25) is 0 Å². The maximum absolute atomic E-state index is 14.7. The molecule has 0 saturated heterocycles. The van der Waals surface area contributed by atoms with Crippen LogP contribution in [0.4, 0.5) is 4.39 Å². The molecule has 1 N–H and O–H groups in total. The Bertz CT molecular complexity index is 927. The quantitative estimate of drug-likeness (QED) is 0.205. The SMILES string of the molecule is CCOCO[C@H]1C(COC(c2ccccc2)(c2ccccc2)c2ccccc2)=C[C@@H](O)C1F. The Morgan fingerprint density at radius 2 is 1.30 bits per heavy atom. The summed E-state index contributed by atoms with van der Waals surface area (Å²) < 4.78 is 32.3. The Kier molecular flexibility index (Phi) is 7.68. The van der Waals surface area contributed by atoms with Crippen molar-refractivity contribution in [1.29, 1.82) is 0 Å². The Morgan fingerprint density at radius 3 is 1.76 bits per heavy atom. The monoisotopic (exact) mass is 448 g/mol. The van der Waals surface area contributed by atoms with Gasteiger partial charge in [0, 0.05) is 6.61 Å². The second-order valence-electron chi connectivity index (χ2n) is 7.94. The fourth-order valence-corrected chi connectivity index (χ4v) is 4.28. The average molecular weight is 449 g/mol. The first kappa shape index (κ1) is 23.3. The maximum Gasteiger partial charge on any atom is 0.159 e. The third-order valence-electron chi connectivity index (χ3n) is 5.90. The summed E-state index contributed by atoms with van der Waals surface area (Å²) in [6.45, 7) is 2.33. The van der Waals surface area contributed by atoms with Gasteiger partial charge >= 0.3 is 0 Å². The highest BCUT2D eigenvalue weighted by atomic mass is 19.1. The second kappa shape index (κ2) is 10.9. The molecule has 3 aromatic carbocycles. The molecule has 172 valence electrons. The van der Waals surface area contributed by atoms with Crippen LogP contribution in [-0.2, 0) is 19.8 Å². The molecule has 0 spiro atoms. The number of aliphatic hydroxyl groups is 1. The van der Waals surface area contributed by atoms with E-state index in [0.717, 1.165) is 16.7 Å². The number of rotatable bonds is 10. The van der Waals surface area contributed by atoms with Crippen LogP contribution >= 0.6 is 0 Å². The molecule has 0 aromatic heterocycles. The summed E-state index contributed by atoms with van der Waals surface area (Å²) in [5.41, 5.74) is 2.47. The maximum atomic E-state index is 14.7. The molecule has 5 heteroatoms. The molecule has 0 fully saturated rings. The largest absolute Gasteiger partial charge is 0.386 e. The summed E-state index contributed by atoms with van der Waals surface area (Å²) in [5, 5.41) is 10.1. The zero-order chi connectivity index (χ0) is 23.1. The van der Waals surface area contributed by atoms with Gasteiger partial charge in [0.25, 0.3) is 0 Å². The summed E-state index contributed by atoms with van der Waals surface area (Å²) in [6.07, 6.45) is -2.24. The number of benzene rings is 3. The van der Waals surface area contributed by atoms with E-state index in [1.54, 1.807) is 0 Å². The fraction of sp³-hybridized carbons (Fsp3) is 0.286. The Balaban J connectivity index is 1.74. The molecule has 3 aromatic rings. The van der Waals surface area contributed by atoms with E-state index < -0.39 is 24.0 Å². The van der Waals surface area contributed by atoms with E-state index in [9.17, 15) is 9.50 Å². The third-order valence-corrected chi connectivity index (χ3v) is 5.90. The van der Waals surface area contributed by atoms with Gasteiger partial charge < -0.3 is 19.3 Å². The highest BCUT2D eigenvalue weighted by Gasteiger charge is 2.41. The first-order chi connectivity index (χ1) is 16.2. The molecular formula is C28H29FO4. The first-order valence-corrected chi connectivity index (χ1v) is 11.2. The summed E-state index contributed by atoms with van der Waals surface area (Å²) in [6, 6.07) is 29.9. The predicted octanol–water partition coefficient (Wildman–Crippen LogP) is 5.01. The minimum absolute atomic E-state index is 0.0488. The van der Waals surface area contributed by atoms with E-state index >= 15 is 0 Å². The van der Waals surface area contributed by atoms with E-state index in [0.29, 0.717) is 12.2 Å². The van der Waals surface area contributed by atoms with Crippen molar-refractivity contribution in [2.75, 3.05) is 20.0 Å².